The predicted octanol–water partition coefficient (Wildman–Crippen LogP) is 2.67. The number of rotatable bonds is 7. The van der Waals surface area contributed by atoms with Crippen LogP contribution in [0.2, 0.25) is 5.02 Å². The summed E-state index contributed by atoms with van der Waals surface area (Å²) in [7, 11) is 3.53. The average molecular weight is 315 g/mol. The van der Waals surface area contributed by atoms with E-state index in [1.165, 1.54) is 0 Å². The van der Waals surface area contributed by atoms with Crippen LogP contribution in [0.4, 0.5) is 5.69 Å². The van der Waals surface area contributed by atoms with Crippen molar-refractivity contribution in [3.05, 3.63) is 28.8 Å². The Balaban J connectivity index is 2.85. The highest BCUT2D eigenvalue weighted by molar-refractivity contribution is 6.30. The Morgan fingerprint density at radius 2 is 2.05 bits per heavy atom. The van der Waals surface area contributed by atoms with Gasteiger partial charge in [0, 0.05) is 43.5 Å². The van der Waals surface area contributed by atoms with Crippen LogP contribution in [0.1, 0.15) is 26.3 Å². The Hall–Kier alpha value is -0.810. The van der Waals surface area contributed by atoms with Crippen LogP contribution in [0, 0.1) is 0 Å². The molecule has 0 spiro atoms. The van der Waals surface area contributed by atoms with Crippen molar-refractivity contribution in [2.75, 3.05) is 32.2 Å². The van der Waals surface area contributed by atoms with Crippen molar-refractivity contribution in [1.82, 2.24) is 5.32 Å². The van der Waals surface area contributed by atoms with Gasteiger partial charge in [-0.3, -0.25) is 0 Å². The summed E-state index contributed by atoms with van der Waals surface area (Å²) < 4.78 is 4.97. The van der Waals surface area contributed by atoms with Crippen molar-refractivity contribution in [3.63, 3.8) is 0 Å². The van der Waals surface area contributed by atoms with Crippen molar-refractivity contribution in [2.45, 2.75) is 39.0 Å². The molecule has 0 aliphatic carbocycles. The molecule has 2 N–H and O–H groups in total. The Morgan fingerprint density at radius 1 is 1.38 bits per heavy atom. The smallest absolute Gasteiger partial charge is 0.0947 e. The second-order valence-corrected chi connectivity index (χ2v) is 6.80. The average Bonchev–Trinajstić information content (AvgIpc) is 2.36. The number of halogens is 1. The molecule has 120 valence electrons. The quantitative estimate of drug-likeness (QED) is 0.812. The third-order valence-electron chi connectivity index (χ3n) is 3.11. The summed E-state index contributed by atoms with van der Waals surface area (Å²) in [5.74, 6) is 0. The number of hydrogen-bond donors (Lipinski definition) is 2. The molecule has 1 aromatic carbocycles. The number of benzene rings is 1. The molecule has 0 aliphatic heterocycles. The van der Waals surface area contributed by atoms with Crippen molar-refractivity contribution in [1.29, 1.82) is 0 Å². The van der Waals surface area contributed by atoms with Gasteiger partial charge in [0.2, 0.25) is 0 Å². The third-order valence-corrected chi connectivity index (χ3v) is 3.35. The molecular weight excluding hydrogens is 288 g/mol. The topological polar surface area (TPSA) is 44.7 Å². The van der Waals surface area contributed by atoms with Crippen LogP contribution < -0.4 is 10.2 Å². The van der Waals surface area contributed by atoms with Crippen molar-refractivity contribution in [2.24, 2.45) is 0 Å². The van der Waals surface area contributed by atoms with Crippen LogP contribution in [-0.2, 0) is 11.3 Å². The first-order valence-electron chi connectivity index (χ1n) is 7.14. The molecule has 5 heteroatoms. The lowest BCUT2D eigenvalue weighted by molar-refractivity contribution is 0.0695. The number of hydrogen-bond acceptors (Lipinski definition) is 4. The van der Waals surface area contributed by atoms with Gasteiger partial charge in [-0.2, -0.15) is 0 Å². The second-order valence-electron chi connectivity index (χ2n) is 6.37. The van der Waals surface area contributed by atoms with E-state index in [4.69, 9.17) is 16.3 Å². The minimum Gasteiger partial charge on any atom is -0.389 e. The van der Waals surface area contributed by atoms with E-state index in [1.54, 1.807) is 7.11 Å². The van der Waals surface area contributed by atoms with Gasteiger partial charge in [0.05, 0.1) is 12.7 Å². The summed E-state index contributed by atoms with van der Waals surface area (Å²) in [6, 6.07) is 5.85. The van der Waals surface area contributed by atoms with Gasteiger partial charge in [-0.1, -0.05) is 17.7 Å². The van der Waals surface area contributed by atoms with Crippen molar-refractivity contribution < 1.29 is 9.84 Å². The first-order valence-corrected chi connectivity index (χ1v) is 7.52. The lowest BCUT2D eigenvalue weighted by Gasteiger charge is -2.27. The van der Waals surface area contributed by atoms with Gasteiger partial charge < -0.3 is 20.1 Å². The number of aliphatic hydroxyl groups is 1. The lowest BCUT2D eigenvalue weighted by atomic mass is 10.1. The van der Waals surface area contributed by atoms with Crippen LogP contribution in [-0.4, -0.2) is 44.1 Å². The summed E-state index contributed by atoms with van der Waals surface area (Å²) in [4.78, 5) is 2.01. The highest BCUT2D eigenvalue weighted by Crippen LogP contribution is 2.25. The van der Waals surface area contributed by atoms with Crippen LogP contribution >= 0.6 is 11.6 Å². The second kappa shape index (κ2) is 7.99. The van der Waals surface area contributed by atoms with Gasteiger partial charge in [-0.05, 0) is 38.5 Å². The Morgan fingerprint density at radius 3 is 2.62 bits per heavy atom. The van der Waals surface area contributed by atoms with Crippen LogP contribution in [0.3, 0.4) is 0 Å². The molecule has 21 heavy (non-hydrogen) atoms. The normalized spacial score (nSPS) is 13.3. The molecular formula is C16H27ClN2O2. The highest BCUT2D eigenvalue weighted by Gasteiger charge is 2.15. The molecule has 0 aromatic heterocycles. The van der Waals surface area contributed by atoms with E-state index in [0.717, 1.165) is 17.8 Å². The number of likely N-dealkylation sites (N-methyl/N-ethyl adjacent to an activating group) is 1. The summed E-state index contributed by atoms with van der Waals surface area (Å²) >= 11 is 6.11. The molecule has 0 amide bonds. The Kier molecular flexibility index (Phi) is 6.94. The lowest BCUT2D eigenvalue weighted by Crippen LogP contribution is -2.36. The van der Waals surface area contributed by atoms with E-state index in [9.17, 15) is 5.11 Å². The minimum absolute atomic E-state index is 0.0467. The van der Waals surface area contributed by atoms with Gasteiger partial charge >= 0.3 is 0 Å². The van der Waals surface area contributed by atoms with Crippen LogP contribution in [0.5, 0.6) is 0 Å². The van der Waals surface area contributed by atoms with E-state index in [-0.39, 0.29) is 5.54 Å². The maximum atomic E-state index is 9.88. The largest absolute Gasteiger partial charge is 0.389 e. The van der Waals surface area contributed by atoms with Gasteiger partial charge in [0.1, 0.15) is 0 Å². The summed E-state index contributed by atoms with van der Waals surface area (Å²) in [6.07, 6.45) is -0.526. The summed E-state index contributed by atoms with van der Waals surface area (Å²) in [5.41, 5.74) is 2.22. The van der Waals surface area contributed by atoms with E-state index in [0.29, 0.717) is 18.2 Å². The zero-order chi connectivity index (χ0) is 16.0. The van der Waals surface area contributed by atoms with Gasteiger partial charge in [0.15, 0.2) is 0 Å². The Labute approximate surface area is 133 Å². The van der Waals surface area contributed by atoms with E-state index in [1.807, 2.05) is 30.1 Å². The SMILES string of the molecule is COCC(O)CN(C)c1cc(Cl)ccc1CNC(C)(C)C. The molecule has 1 rings (SSSR count). The molecule has 0 heterocycles. The molecule has 0 saturated heterocycles. The number of aliphatic hydroxyl groups excluding tert-OH is 1. The molecule has 1 atom stereocenters. The minimum atomic E-state index is -0.526. The molecule has 1 unspecified atom stereocenters. The Bertz CT molecular complexity index is 446. The first kappa shape index (κ1) is 18.2. The monoisotopic (exact) mass is 314 g/mol. The fraction of sp³-hybridized carbons (Fsp3) is 0.625. The molecule has 0 radical (unpaired) electrons. The van der Waals surface area contributed by atoms with Crippen molar-refractivity contribution >= 4 is 17.3 Å². The molecule has 4 nitrogen and oxygen atoms in total. The van der Waals surface area contributed by atoms with Crippen LogP contribution in [0.15, 0.2) is 18.2 Å². The van der Waals surface area contributed by atoms with Gasteiger partial charge in [0.25, 0.3) is 0 Å². The molecule has 0 fully saturated rings. The fourth-order valence-corrected chi connectivity index (χ4v) is 2.23. The molecule has 0 aliphatic rings. The standard InChI is InChI=1S/C16H27ClN2O2/c1-16(2,3)18-9-12-6-7-13(17)8-15(12)19(4)10-14(20)11-21-5/h6-8,14,18,20H,9-11H2,1-5H3. The number of methoxy groups -OCH3 is 1. The van der Waals surface area contributed by atoms with Crippen molar-refractivity contribution in [3.8, 4) is 0 Å². The zero-order valence-corrected chi connectivity index (χ0v) is 14.4. The summed E-state index contributed by atoms with van der Waals surface area (Å²) in [6.45, 7) is 7.97. The number of nitrogens with zero attached hydrogens (tertiary/aromatic N) is 1. The maximum Gasteiger partial charge on any atom is 0.0947 e. The summed E-state index contributed by atoms with van der Waals surface area (Å²) in [5, 5.41) is 14.1. The first-order chi connectivity index (χ1) is 9.73. The molecule has 0 saturated carbocycles. The number of nitrogens with one attached hydrogen (secondary N) is 1. The van der Waals surface area contributed by atoms with Crippen LogP contribution in [0.25, 0.3) is 0 Å². The number of ether oxygens (including phenoxy) is 1. The van der Waals surface area contributed by atoms with E-state index < -0.39 is 6.10 Å². The molecule has 0 bridgehead atoms. The van der Waals surface area contributed by atoms with Gasteiger partial charge in [-0.25, -0.2) is 0 Å². The maximum absolute atomic E-state index is 9.88. The van der Waals surface area contributed by atoms with Gasteiger partial charge in [-0.15, -0.1) is 0 Å². The highest BCUT2D eigenvalue weighted by atomic mass is 35.5. The zero-order valence-electron chi connectivity index (χ0n) is 13.6. The van der Waals surface area contributed by atoms with E-state index in [2.05, 4.69) is 26.1 Å². The fourth-order valence-electron chi connectivity index (χ4n) is 2.06. The van der Waals surface area contributed by atoms with E-state index >= 15 is 0 Å². The molecule has 1 aromatic rings. The number of anilines is 1. The predicted molar refractivity (Wildman–Crippen MR) is 89.2 cm³/mol. The third kappa shape index (κ3) is 6.66.